The van der Waals surface area contributed by atoms with Crippen LogP contribution >= 0.6 is 0 Å². The highest BCUT2D eigenvalue weighted by molar-refractivity contribution is 5.82. The van der Waals surface area contributed by atoms with Crippen LogP contribution in [0.3, 0.4) is 0 Å². The fourth-order valence-electron chi connectivity index (χ4n) is 5.13. The van der Waals surface area contributed by atoms with Gasteiger partial charge in [0.15, 0.2) is 0 Å². The second kappa shape index (κ2) is 9.49. The number of carbonyl (C=O) groups is 3. The summed E-state index contributed by atoms with van der Waals surface area (Å²) in [7, 11) is 0. The summed E-state index contributed by atoms with van der Waals surface area (Å²) in [5.41, 5.74) is 4.69. The van der Waals surface area contributed by atoms with Crippen molar-refractivity contribution in [1.29, 1.82) is 0 Å². The van der Waals surface area contributed by atoms with Crippen LogP contribution in [0, 0.1) is 11.8 Å². The molecule has 5 rings (SSSR count). The Morgan fingerprint density at radius 2 is 1.59 bits per heavy atom. The number of aliphatic carboxylic acids is 1. The van der Waals surface area contributed by atoms with E-state index in [4.69, 9.17) is 9.84 Å². The van der Waals surface area contributed by atoms with Crippen LogP contribution in [-0.4, -0.2) is 53.7 Å². The number of alkyl carbamates (subject to hydrolysis) is 1. The Morgan fingerprint density at radius 3 is 2.15 bits per heavy atom. The van der Waals surface area contributed by atoms with Crippen LogP contribution in [0.25, 0.3) is 11.1 Å². The van der Waals surface area contributed by atoms with Crippen LogP contribution in [0.2, 0.25) is 0 Å². The van der Waals surface area contributed by atoms with Crippen molar-refractivity contribution in [2.75, 3.05) is 19.7 Å². The Balaban J connectivity index is 1.16. The summed E-state index contributed by atoms with van der Waals surface area (Å²) < 4.78 is 5.62. The lowest BCUT2D eigenvalue weighted by Gasteiger charge is -2.24. The third-order valence-electron chi connectivity index (χ3n) is 7.19. The molecule has 0 aliphatic heterocycles. The van der Waals surface area contributed by atoms with E-state index < -0.39 is 12.1 Å². The van der Waals surface area contributed by atoms with Crippen LogP contribution in [-0.2, 0) is 14.3 Å². The minimum Gasteiger partial charge on any atom is -0.480 e. The molecule has 0 bridgehead atoms. The van der Waals surface area contributed by atoms with Gasteiger partial charge in [-0.3, -0.25) is 9.59 Å². The number of carbonyl (C=O) groups excluding carboxylic acids is 2. The molecule has 1 atom stereocenters. The number of benzene rings is 2. The van der Waals surface area contributed by atoms with Crippen molar-refractivity contribution < 1.29 is 24.2 Å². The molecule has 178 valence electrons. The summed E-state index contributed by atoms with van der Waals surface area (Å²) in [6.45, 7) is 0.361. The molecule has 0 heterocycles. The van der Waals surface area contributed by atoms with E-state index >= 15 is 0 Å². The first-order chi connectivity index (χ1) is 16.5. The van der Waals surface area contributed by atoms with Crippen LogP contribution in [0.15, 0.2) is 48.5 Å². The minimum absolute atomic E-state index is 0.00192. The highest BCUT2D eigenvalue weighted by Gasteiger charge is 2.38. The van der Waals surface area contributed by atoms with E-state index in [1.165, 1.54) is 16.0 Å². The summed E-state index contributed by atoms with van der Waals surface area (Å²) in [6, 6.07) is 16.5. The molecule has 34 heavy (non-hydrogen) atoms. The lowest BCUT2D eigenvalue weighted by atomic mass is 9.98. The molecule has 1 unspecified atom stereocenters. The molecule has 3 aliphatic rings. The van der Waals surface area contributed by atoms with E-state index in [9.17, 15) is 14.4 Å². The van der Waals surface area contributed by atoms with E-state index in [0.29, 0.717) is 12.5 Å². The molecule has 2 saturated carbocycles. The number of hydrogen-bond donors (Lipinski definition) is 2. The largest absolute Gasteiger partial charge is 0.480 e. The van der Waals surface area contributed by atoms with Gasteiger partial charge in [0.2, 0.25) is 5.91 Å². The number of amides is 2. The van der Waals surface area contributed by atoms with Crippen molar-refractivity contribution in [2.45, 2.75) is 44.1 Å². The monoisotopic (exact) mass is 462 g/mol. The van der Waals surface area contributed by atoms with Crippen molar-refractivity contribution in [3.63, 3.8) is 0 Å². The normalized spacial score (nSPS) is 17.4. The Hall–Kier alpha value is -3.35. The first-order valence-corrected chi connectivity index (χ1v) is 12.1. The number of ether oxygens (including phenoxy) is 1. The predicted octanol–water partition coefficient (Wildman–Crippen LogP) is 4.02. The van der Waals surface area contributed by atoms with Crippen molar-refractivity contribution >= 4 is 18.0 Å². The Kier molecular flexibility index (Phi) is 6.26. The van der Waals surface area contributed by atoms with Gasteiger partial charge in [0.1, 0.15) is 13.2 Å². The second-order valence-corrected chi connectivity index (χ2v) is 9.65. The van der Waals surface area contributed by atoms with Gasteiger partial charge in [0.25, 0.3) is 0 Å². The molecule has 7 heteroatoms. The number of hydrogen-bond acceptors (Lipinski definition) is 4. The molecule has 0 radical (unpaired) electrons. The third-order valence-corrected chi connectivity index (χ3v) is 7.19. The fraction of sp³-hybridized carbons (Fsp3) is 0.444. The maximum absolute atomic E-state index is 12.8. The number of rotatable bonds is 10. The van der Waals surface area contributed by atoms with Crippen molar-refractivity contribution in [2.24, 2.45) is 11.8 Å². The van der Waals surface area contributed by atoms with E-state index in [2.05, 4.69) is 29.6 Å². The average Bonchev–Trinajstić information content (AvgIpc) is 3.75. The smallest absolute Gasteiger partial charge is 0.407 e. The molecular formula is C27H30N2O5. The molecule has 2 aromatic carbocycles. The summed E-state index contributed by atoms with van der Waals surface area (Å²) in [5, 5.41) is 12.0. The minimum atomic E-state index is -0.986. The van der Waals surface area contributed by atoms with Gasteiger partial charge in [0.05, 0.1) is 0 Å². The second-order valence-electron chi connectivity index (χ2n) is 9.65. The lowest BCUT2D eigenvalue weighted by molar-refractivity contribution is -0.145. The van der Waals surface area contributed by atoms with E-state index in [-0.39, 0.29) is 43.4 Å². The summed E-state index contributed by atoms with van der Waals surface area (Å²) in [5.74, 6) is -0.718. The number of nitrogens with zero attached hydrogens (tertiary/aromatic N) is 1. The fourth-order valence-corrected chi connectivity index (χ4v) is 5.13. The molecule has 3 aliphatic carbocycles. The standard InChI is InChI=1S/C27H30N2O5/c30-25(29(15-26(31)32)19-11-12-19)13-18(17-9-10-17)14-28-27(33)34-16-24-22-7-3-1-5-20(22)21-6-2-4-8-23(21)24/h1-8,17-19,24H,9-16H2,(H,28,33)(H,31,32). The van der Waals surface area contributed by atoms with Crippen LogP contribution in [0.5, 0.6) is 0 Å². The summed E-state index contributed by atoms with van der Waals surface area (Å²) in [4.78, 5) is 38.0. The first-order valence-electron chi connectivity index (χ1n) is 12.1. The first kappa shape index (κ1) is 22.4. The van der Waals surface area contributed by atoms with Gasteiger partial charge < -0.3 is 20.1 Å². The molecule has 0 spiro atoms. The van der Waals surface area contributed by atoms with Gasteiger partial charge in [-0.25, -0.2) is 4.79 Å². The highest BCUT2D eigenvalue weighted by atomic mass is 16.5. The maximum Gasteiger partial charge on any atom is 0.407 e. The van der Waals surface area contributed by atoms with Crippen molar-refractivity contribution in [3.05, 3.63) is 59.7 Å². The summed E-state index contributed by atoms with van der Waals surface area (Å²) in [6.07, 6.45) is 3.58. The SMILES string of the molecule is O=C(O)CN(C(=O)CC(CNC(=O)OCC1c2ccccc2-c2ccccc21)C1CC1)C1CC1. The topological polar surface area (TPSA) is 95.9 Å². The zero-order valence-corrected chi connectivity index (χ0v) is 19.1. The molecule has 2 N–H and O–H groups in total. The molecular weight excluding hydrogens is 432 g/mol. The predicted molar refractivity (Wildman–Crippen MR) is 126 cm³/mol. The van der Waals surface area contributed by atoms with Gasteiger partial charge in [-0.15, -0.1) is 0 Å². The number of carboxylic acid groups (broad SMARTS) is 1. The van der Waals surface area contributed by atoms with Gasteiger partial charge in [0, 0.05) is 24.9 Å². The Labute approximate surface area is 199 Å². The van der Waals surface area contributed by atoms with E-state index in [1.54, 1.807) is 0 Å². The highest BCUT2D eigenvalue weighted by Crippen LogP contribution is 2.44. The van der Waals surface area contributed by atoms with Gasteiger partial charge in [-0.05, 0) is 59.8 Å². The molecule has 2 fully saturated rings. The van der Waals surface area contributed by atoms with Gasteiger partial charge in [-0.1, -0.05) is 48.5 Å². The maximum atomic E-state index is 12.8. The number of carboxylic acids is 1. The van der Waals surface area contributed by atoms with Crippen molar-refractivity contribution in [1.82, 2.24) is 10.2 Å². The van der Waals surface area contributed by atoms with E-state index in [1.807, 2.05) is 24.3 Å². The Bertz CT molecular complexity index is 1050. The van der Waals surface area contributed by atoms with Crippen LogP contribution < -0.4 is 5.32 Å². The molecule has 2 amide bonds. The zero-order valence-electron chi connectivity index (χ0n) is 19.1. The van der Waals surface area contributed by atoms with Crippen LogP contribution in [0.1, 0.15) is 49.1 Å². The van der Waals surface area contributed by atoms with Gasteiger partial charge in [-0.2, -0.15) is 0 Å². The summed E-state index contributed by atoms with van der Waals surface area (Å²) >= 11 is 0. The van der Waals surface area contributed by atoms with E-state index in [0.717, 1.165) is 36.8 Å². The van der Waals surface area contributed by atoms with Crippen molar-refractivity contribution in [3.8, 4) is 11.1 Å². The lowest BCUT2D eigenvalue weighted by Crippen LogP contribution is -2.40. The quantitative estimate of drug-likeness (QED) is 0.556. The van der Waals surface area contributed by atoms with Gasteiger partial charge >= 0.3 is 12.1 Å². The third kappa shape index (κ3) is 4.93. The molecule has 7 nitrogen and oxygen atoms in total. The number of fused-ring (bicyclic) bond motifs is 3. The molecule has 0 saturated heterocycles. The molecule has 0 aromatic heterocycles. The average molecular weight is 463 g/mol. The molecule has 2 aromatic rings. The zero-order chi connectivity index (χ0) is 23.7. The van der Waals surface area contributed by atoms with Crippen LogP contribution in [0.4, 0.5) is 4.79 Å². The number of nitrogens with one attached hydrogen (secondary N) is 1. The Morgan fingerprint density at radius 1 is 0.971 bits per heavy atom.